The number of nitrogens with zero attached hydrogens (tertiary/aromatic N) is 3. The Morgan fingerprint density at radius 3 is 2.30 bits per heavy atom. The predicted molar refractivity (Wildman–Crippen MR) is 147 cm³/mol. The Balaban J connectivity index is 2.05. The maximum absolute atomic E-state index is 12.5. The second-order valence-corrected chi connectivity index (χ2v) is 10.7. The number of carboxylic acid groups (broad SMARTS) is 1. The summed E-state index contributed by atoms with van der Waals surface area (Å²) >= 11 is 12.6. The molecule has 0 spiro atoms. The van der Waals surface area contributed by atoms with Gasteiger partial charge in [-0.1, -0.05) is 35.3 Å². The zero-order valence-corrected chi connectivity index (χ0v) is 23.3. The van der Waals surface area contributed by atoms with E-state index in [2.05, 4.69) is 0 Å². The molecule has 194 valence electrons. The maximum atomic E-state index is 12.5. The van der Waals surface area contributed by atoms with Gasteiger partial charge in [0.25, 0.3) is 0 Å². The van der Waals surface area contributed by atoms with Gasteiger partial charge in [-0.2, -0.15) is 0 Å². The summed E-state index contributed by atoms with van der Waals surface area (Å²) in [7, 11) is 3.45. The number of aromatic nitrogens is 3. The van der Waals surface area contributed by atoms with Crippen molar-refractivity contribution >= 4 is 40.2 Å². The van der Waals surface area contributed by atoms with Gasteiger partial charge < -0.3 is 19.1 Å². The summed E-state index contributed by atoms with van der Waals surface area (Å²) in [4.78, 5) is 22.2. The minimum atomic E-state index is -1.23. The highest BCUT2D eigenvalue weighted by molar-refractivity contribution is 6.32. The molecule has 2 heterocycles. The van der Waals surface area contributed by atoms with Crippen molar-refractivity contribution in [2.24, 2.45) is 7.05 Å². The molecule has 2 aromatic heterocycles. The van der Waals surface area contributed by atoms with Gasteiger partial charge in [0.2, 0.25) is 0 Å². The minimum absolute atomic E-state index is 0.478. The Labute approximate surface area is 226 Å². The van der Waals surface area contributed by atoms with Crippen LogP contribution in [0.1, 0.15) is 43.7 Å². The topological polar surface area (TPSA) is 86.5 Å². The van der Waals surface area contributed by atoms with Gasteiger partial charge in [-0.25, -0.2) is 14.8 Å². The van der Waals surface area contributed by atoms with Crippen LogP contribution in [0.4, 0.5) is 0 Å². The van der Waals surface area contributed by atoms with Crippen LogP contribution in [-0.4, -0.2) is 38.3 Å². The Bertz CT molecular complexity index is 1510. The zero-order valence-electron chi connectivity index (χ0n) is 21.8. The van der Waals surface area contributed by atoms with Gasteiger partial charge in [0, 0.05) is 29.4 Å². The molecule has 0 fully saturated rings. The van der Waals surface area contributed by atoms with E-state index in [9.17, 15) is 9.90 Å². The Kier molecular flexibility index (Phi) is 7.25. The highest BCUT2D eigenvalue weighted by Gasteiger charge is 2.33. The number of rotatable bonds is 6. The fraction of sp³-hybridized carbons (Fsp3) is 0.321. The number of methoxy groups -OCH3 is 1. The van der Waals surface area contributed by atoms with Crippen LogP contribution in [0.5, 0.6) is 5.75 Å². The Morgan fingerprint density at radius 2 is 1.73 bits per heavy atom. The third kappa shape index (κ3) is 5.17. The van der Waals surface area contributed by atoms with Gasteiger partial charge in [-0.15, -0.1) is 0 Å². The van der Waals surface area contributed by atoms with E-state index in [4.69, 9.17) is 42.6 Å². The van der Waals surface area contributed by atoms with Crippen LogP contribution in [0, 0.1) is 13.8 Å². The van der Waals surface area contributed by atoms with Gasteiger partial charge in [0.1, 0.15) is 11.4 Å². The molecule has 0 bridgehead atoms. The Morgan fingerprint density at radius 1 is 1.08 bits per heavy atom. The first-order valence-electron chi connectivity index (χ1n) is 11.7. The number of carboxylic acids is 1. The average Bonchev–Trinajstić information content (AvgIpc) is 3.13. The lowest BCUT2D eigenvalue weighted by atomic mass is 9.89. The molecule has 0 aliphatic rings. The van der Waals surface area contributed by atoms with Crippen molar-refractivity contribution < 1.29 is 19.4 Å². The summed E-state index contributed by atoms with van der Waals surface area (Å²) in [6, 6.07) is 10.9. The molecule has 4 aromatic rings. The summed E-state index contributed by atoms with van der Waals surface area (Å²) in [5, 5.41) is 11.3. The number of halogens is 2. The molecule has 2 aromatic carbocycles. The fourth-order valence-electron chi connectivity index (χ4n) is 4.49. The monoisotopic (exact) mass is 541 g/mol. The fourth-order valence-corrected chi connectivity index (χ4v) is 4.85. The largest absolute Gasteiger partial charge is 0.495 e. The van der Waals surface area contributed by atoms with Crippen molar-refractivity contribution in [3.05, 3.63) is 63.3 Å². The molecule has 1 atom stereocenters. The van der Waals surface area contributed by atoms with E-state index in [1.165, 1.54) is 0 Å². The highest BCUT2D eigenvalue weighted by atomic mass is 35.5. The first-order valence-corrected chi connectivity index (χ1v) is 12.5. The molecule has 0 saturated carbocycles. The summed E-state index contributed by atoms with van der Waals surface area (Å²) in [6.07, 6.45) is -1.23. The maximum Gasteiger partial charge on any atom is 0.337 e. The smallest absolute Gasteiger partial charge is 0.337 e. The molecule has 4 rings (SSSR count). The lowest BCUT2D eigenvalue weighted by molar-refractivity contribution is -0.160. The molecule has 0 unspecified atom stereocenters. The lowest BCUT2D eigenvalue weighted by Gasteiger charge is -2.28. The average molecular weight is 542 g/mol. The molecule has 37 heavy (non-hydrogen) atoms. The quantitative estimate of drug-likeness (QED) is 0.278. The zero-order chi connectivity index (χ0) is 27.2. The van der Waals surface area contributed by atoms with E-state index >= 15 is 0 Å². The van der Waals surface area contributed by atoms with E-state index in [1.807, 2.05) is 51.4 Å². The van der Waals surface area contributed by atoms with Crippen LogP contribution in [0.2, 0.25) is 10.0 Å². The van der Waals surface area contributed by atoms with E-state index in [-0.39, 0.29) is 0 Å². The van der Waals surface area contributed by atoms with Gasteiger partial charge in [0.15, 0.2) is 11.9 Å². The SMILES string of the molecule is COc1cc2nc(-c3nc(C)c([C@H](OC(C)(C)C)C(=O)O)c(-c4ccc(Cl)cc4)c3C)n(C)c2cc1Cl. The first kappa shape index (κ1) is 26.9. The van der Waals surface area contributed by atoms with E-state index < -0.39 is 17.7 Å². The third-order valence-corrected chi connectivity index (χ3v) is 6.67. The van der Waals surface area contributed by atoms with Gasteiger partial charge in [-0.3, -0.25) is 0 Å². The minimum Gasteiger partial charge on any atom is -0.495 e. The molecule has 0 saturated heterocycles. The molecule has 1 N–H and O–H groups in total. The van der Waals surface area contributed by atoms with Crippen LogP contribution in [-0.2, 0) is 16.6 Å². The molecule has 0 aliphatic carbocycles. The number of benzene rings is 2. The number of hydrogen-bond donors (Lipinski definition) is 1. The molecule has 0 radical (unpaired) electrons. The van der Waals surface area contributed by atoms with Crippen LogP contribution < -0.4 is 4.74 Å². The number of aliphatic carboxylic acids is 1. The van der Waals surface area contributed by atoms with Crippen molar-refractivity contribution in [3.8, 4) is 28.4 Å². The number of aryl methyl sites for hydroxylation is 2. The lowest BCUT2D eigenvalue weighted by Crippen LogP contribution is -2.28. The normalized spacial score (nSPS) is 12.7. The summed E-state index contributed by atoms with van der Waals surface area (Å²) in [5.74, 6) is 0.0532. The molecular formula is C28H29Cl2N3O4. The Hall–Kier alpha value is -3.13. The van der Waals surface area contributed by atoms with Crippen molar-refractivity contribution in [1.82, 2.24) is 14.5 Å². The third-order valence-electron chi connectivity index (χ3n) is 6.13. The highest BCUT2D eigenvalue weighted by Crippen LogP contribution is 2.41. The van der Waals surface area contributed by atoms with Crippen molar-refractivity contribution in [2.75, 3.05) is 7.11 Å². The molecule has 7 nitrogen and oxygen atoms in total. The number of hydrogen-bond acceptors (Lipinski definition) is 5. The second-order valence-electron chi connectivity index (χ2n) is 9.88. The molecule has 9 heteroatoms. The van der Waals surface area contributed by atoms with Crippen molar-refractivity contribution in [2.45, 2.75) is 46.3 Å². The summed E-state index contributed by atoms with van der Waals surface area (Å²) < 4.78 is 13.3. The molecular weight excluding hydrogens is 513 g/mol. The number of ether oxygens (including phenoxy) is 2. The number of fused-ring (bicyclic) bond motifs is 1. The van der Waals surface area contributed by atoms with E-state index in [1.54, 1.807) is 38.3 Å². The van der Waals surface area contributed by atoms with Crippen LogP contribution in [0.3, 0.4) is 0 Å². The van der Waals surface area contributed by atoms with Gasteiger partial charge >= 0.3 is 5.97 Å². The van der Waals surface area contributed by atoms with Crippen molar-refractivity contribution in [1.29, 1.82) is 0 Å². The molecule has 0 aliphatic heterocycles. The number of pyridine rings is 1. The van der Waals surface area contributed by atoms with Crippen LogP contribution >= 0.6 is 23.2 Å². The first-order chi connectivity index (χ1) is 17.3. The van der Waals surface area contributed by atoms with Crippen LogP contribution in [0.25, 0.3) is 33.7 Å². The second kappa shape index (κ2) is 9.97. The van der Waals surface area contributed by atoms with Crippen molar-refractivity contribution in [3.63, 3.8) is 0 Å². The van der Waals surface area contributed by atoms with Crippen LogP contribution in [0.15, 0.2) is 36.4 Å². The summed E-state index contributed by atoms with van der Waals surface area (Å²) in [5.41, 5.74) is 4.76. The number of carbonyl (C=O) groups is 1. The number of imidazole rings is 1. The standard InChI is InChI=1S/C28H29Cl2N3O4/c1-14-22(16-8-10-17(29)11-9-16)23(25(27(34)35)37-28(3,4)5)15(2)31-24(14)26-32-19-13-21(36-7)18(30)12-20(19)33(26)6/h8-13,25H,1-7H3,(H,34,35)/t25-/m0/s1. The van der Waals surface area contributed by atoms with E-state index in [0.717, 1.165) is 22.2 Å². The van der Waals surface area contributed by atoms with Gasteiger partial charge in [0.05, 0.1) is 28.8 Å². The predicted octanol–water partition coefficient (Wildman–Crippen LogP) is 7.18. The molecule has 0 amide bonds. The summed E-state index contributed by atoms with van der Waals surface area (Å²) in [6.45, 7) is 9.19. The van der Waals surface area contributed by atoms with Gasteiger partial charge in [-0.05, 0) is 69.5 Å². The van der Waals surface area contributed by atoms with E-state index in [0.29, 0.717) is 44.1 Å².